The van der Waals surface area contributed by atoms with Crippen LogP contribution in [-0.2, 0) is 6.42 Å². The molecule has 2 aromatic carbocycles. The maximum absolute atomic E-state index is 13.2. The predicted octanol–water partition coefficient (Wildman–Crippen LogP) is 4.01. The van der Waals surface area contributed by atoms with E-state index in [1.54, 1.807) is 6.20 Å². The smallest absolute Gasteiger partial charge is 0.273 e. The van der Waals surface area contributed by atoms with Gasteiger partial charge in [-0.3, -0.25) is 9.78 Å². The second kappa shape index (κ2) is 8.53. The van der Waals surface area contributed by atoms with Crippen molar-refractivity contribution in [2.24, 2.45) is 0 Å². The lowest BCUT2D eigenvalue weighted by atomic mass is 10.0. The molecule has 0 saturated carbocycles. The van der Waals surface area contributed by atoms with Crippen LogP contribution in [0, 0.1) is 0 Å². The zero-order chi connectivity index (χ0) is 19.3. The first-order valence-corrected chi connectivity index (χ1v) is 10.1. The third kappa shape index (κ3) is 4.07. The number of aromatic nitrogens is 1. The van der Waals surface area contributed by atoms with E-state index in [1.807, 2.05) is 35.2 Å². The van der Waals surface area contributed by atoms with Gasteiger partial charge < -0.3 is 9.80 Å². The molecule has 28 heavy (non-hydrogen) atoms. The zero-order valence-corrected chi connectivity index (χ0v) is 16.4. The van der Waals surface area contributed by atoms with Crippen molar-refractivity contribution in [3.8, 4) is 0 Å². The number of hydrogen-bond donors (Lipinski definition) is 0. The number of carbonyl (C=O) groups excluding carboxylic acids is 1. The number of piperidine rings is 1. The Morgan fingerprint density at radius 3 is 2.75 bits per heavy atom. The summed E-state index contributed by atoms with van der Waals surface area (Å²) in [4.78, 5) is 22.0. The number of amides is 1. The highest BCUT2D eigenvalue weighted by molar-refractivity contribution is 6.05. The number of likely N-dealkylation sites (tertiary alicyclic amines) is 1. The van der Waals surface area contributed by atoms with Crippen LogP contribution in [-0.4, -0.2) is 53.4 Å². The molecule has 0 spiro atoms. The van der Waals surface area contributed by atoms with E-state index in [2.05, 4.69) is 47.3 Å². The molecule has 3 aromatic rings. The Morgan fingerprint density at radius 2 is 1.89 bits per heavy atom. The van der Waals surface area contributed by atoms with Crippen LogP contribution in [0.2, 0.25) is 0 Å². The lowest BCUT2D eigenvalue weighted by molar-refractivity contribution is 0.0608. The van der Waals surface area contributed by atoms with Crippen molar-refractivity contribution >= 4 is 16.7 Å². The summed E-state index contributed by atoms with van der Waals surface area (Å²) in [5, 5.41) is 2.00. The number of likely N-dealkylation sites (N-methyl/N-ethyl adjacent to an activating group) is 1. The van der Waals surface area contributed by atoms with E-state index in [0.29, 0.717) is 11.7 Å². The number of carbonyl (C=O) groups is 1. The van der Waals surface area contributed by atoms with Gasteiger partial charge >= 0.3 is 0 Å². The van der Waals surface area contributed by atoms with E-state index < -0.39 is 0 Å². The molecule has 0 bridgehead atoms. The van der Waals surface area contributed by atoms with Gasteiger partial charge in [-0.1, -0.05) is 54.6 Å². The molecular formula is C24H27N3O. The van der Waals surface area contributed by atoms with Crippen LogP contribution >= 0.6 is 0 Å². The summed E-state index contributed by atoms with van der Waals surface area (Å²) in [5.41, 5.74) is 1.93. The van der Waals surface area contributed by atoms with Crippen molar-refractivity contribution in [3.05, 3.63) is 78.1 Å². The topological polar surface area (TPSA) is 36.4 Å². The Balaban J connectivity index is 1.43. The molecule has 4 rings (SSSR count). The molecule has 4 nitrogen and oxygen atoms in total. The fourth-order valence-corrected chi connectivity index (χ4v) is 4.07. The van der Waals surface area contributed by atoms with Crippen LogP contribution in [0.4, 0.5) is 0 Å². The average Bonchev–Trinajstić information content (AvgIpc) is 2.77. The van der Waals surface area contributed by atoms with Crippen LogP contribution < -0.4 is 0 Å². The highest BCUT2D eigenvalue weighted by Crippen LogP contribution is 2.21. The molecule has 1 saturated heterocycles. The largest absolute Gasteiger partial charge is 0.336 e. The summed E-state index contributed by atoms with van der Waals surface area (Å²) in [6, 6.07) is 20.9. The van der Waals surface area contributed by atoms with E-state index in [9.17, 15) is 4.79 Å². The number of nitrogens with zero attached hydrogens (tertiary/aromatic N) is 3. The minimum Gasteiger partial charge on any atom is -0.336 e. The van der Waals surface area contributed by atoms with Gasteiger partial charge in [-0.15, -0.1) is 0 Å². The monoisotopic (exact) mass is 373 g/mol. The summed E-state index contributed by atoms with van der Waals surface area (Å²) in [6.07, 6.45) is 4.95. The molecule has 1 aromatic heterocycles. The molecule has 1 aliphatic heterocycles. The van der Waals surface area contributed by atoms with Crippen molar-refractivity contribution in [3.63, 3.8) is 0 Å². The summed E-state index contributed by atoms with van der Waals surface area (Å²) in [5.74, 6) is 0.0537. The third-order valence-corrected chi connectivity index (χ3v) is 5.78. The lowest BCUT2D eigenvalue weighted by Gasteiger charge is -2.37. The lowest BCUT2D eigenvalue weighted by Crippen LogP contribution is -2.49. The molecule has 1 fully saturated rings. The summed E-state index contributed by atoms with van der Waals surface area (Å²) in [6.45, 7) is 2.59. The number of rotatable bonds is 5. The van der Waals surface area contributed by atoms with Gasteiger partial charge in [0.25, 0.3) is 5.91 Å². The molecule has 1 amide bonds. The van der Waals surface area contributed by atoms with Crippen molar-refractivity contribution in [2.45, 2.75) is 25.3 Å². The minimum absolute atomic E-state index is 0.0537. The van der Waals surface area contributed by atoms with Gasteiger partial charge in [-0.2, -0.15) is 0 Å². The average molecular weight is 374 g/mol. The Bertz CT molecular complexity index is 935. The van der Waals surface area contributed by atoms with E-state index in [-0.39, 0.29) is 5.91 Å². The number of benzene rings is 2. The normalized spacial score (nSPS) is 17.2. The second-order valence-electron chi connectivity index (χ2n) is 7.64. The minimum atomic E-state index is 0.0537. The highest BCUT2D eigenvalue weighted by atomic mass is 16.2. The van der Waals surface area contributed by atoms with Crippen molar-refractivity contribution in [2.75, 3.05) is 26.7 Å². The molecule has 4 heteroatoms. The number of pyridine rings is 1. The van der Waals surface area contributed by atoms with Gasteiger partial charge in [-0.25, -0.2) is 0 Å². The molecule has 0 unspecified atom stereocenters. The van der Waals surface area contributed by atoms with Gasteiger partial charge in [-0.05, 0) is 43.3 Å². The molecule has 0 N–H and O–H groups in total. The Hall–Kier alpha value is -2.72. The molecule has 144 valence electrons. The van der Waals surface area contributed by atoms with Crippen molar-refractivity contribution in [1.82, 2.24) is 14.8 Å². The van der Waals surface area contributed by atoms with Crippen LogP contribution in [0.1, 0.15) is 28.9 Å². The summed E-state index contributed by atoms with van der Waals surface area (Å²) < 4.78 is 0. The standard InChI is InChI=1S/C24H27N3O/c1-26(17-14-19-8-3-2-4-9-19)21-11-7-16-27(18-21)24(28)23-22-12-6-5-10-20(22)13-15-25-23/h2-6,8-10,12-13,15,21H,7,11,14,16-18H2,1H3/t21-/m0/s1. The third-order valence-electron chi connectivity index (χ3n) is 5.78. The van der Waals surface area contributed by atoms with E-state index in [1.165, 1.54) is 5.56 Å². The molecule has 1 aliphatic rings. The van der Waals surface area contributed by atoms with Crippen LogP contribution in [0.15, 0.2) is 66.9 Å². The van der Waals surface area contributed by atoms with E-state index >= 15 is 0 Å². The molecular weight excluding hydrogens is 346 g/mol. The fraction of sp³-hybridized carbons (Fsp3) is 0.333. The highest BCUT2D eigenvalue weighted by Gasteiger charge is 2.28. The molecule has 2 heterocycles. The molecule has 1 atom stereocenters. The van der Waals surface area contributed by atoms with E-state index in [0.717, 1.165) is 49.7 Å². The fourth-order valence-electron chi connectivity index (χ4n) is 4.07. The predicted molar refractivity (Wildman–Crippen MR) is 113 cm³/mol. The van der Waals surface area contributed by atoms with Gasteiger partial charge in [0.15, 0.2) is 0 Å². The van der Waals surface area contributed by atoms with Gasteiger partial charge in [0.1, 0.15) is 5.69 Å². The maximum atomic E-state index is 13.2. The first kappa shape index (κ1) is 18.6. The summed E-state index contributed by atoms with van der Waals surface area (Å²) in [7, 11) is 2.18. The first-order valence-electron chi connectivity index (χ1n) is 10.1. The Kier molecular flexibility index (Phi) is 5.68. The van der Waals surface area contributed by atoms with Crippen LogP contribution in [0.3, 0.4) is 0 Å². The zero-order valence-electron chi connectivity index (χ0n) is 16.4. The quantitative estimate of drug-likeness (QED) is 0.678. The van der Waals surface area contributed by atoms with Crippen LogP contribution in [0.5, 0.6) is 0 Å². The van der Waals surface area contributed by atoms with E-state index in [4.69, 9.17) is 0 Å². The molecule has 0 radical (unpaired) electrons. The van der Waals surface area contributed by atoms with Crippen LogP contribution in [0.25, 0.3) is 10.8 Å². The first-order chi connectivity index (χ1) is 13.7. The number of hydrogen-bond acceptors (Lipinski definition) is 3. The van der Waals surface area contributed by atoms with Gasteiger partial charge in [0, 0.05) is 37.3 Å². The number of fused-ring (bicyclic) bond motifs is 1. The van der Waals surface area contributed by atoms with Crippen molar-refractivity contribution in [1.29, 1.82) is 0 Å². The Labute approximate surface area is 166 Å². The Morgan fingerprint density at radius 1 is 1.11 bits per heavy atom. The van der Waals surface area contributed by atoms with Gasteiger partial charge in [0.05, 0.1) is 0 Å². The molecule has 0 aliphatic carbocycles. The van der Waals surface area contributed by atoms with Crippen molar-refractivity contribution < 1.29 is 4.79 Å². The maximum Gasteiger partial charge on any atom is 0.273 e. The SMILES string of the molecule is CN(CCc1ccccc1)[C@H]1CCCN(C(=O)c2nccc3ccccc23)C1. The van der Waals surface area contributed by atoms with Gasteiger partial charge in [0.2, 0.25) is 0 Å². The summed E-state index contributed by atoms with van der Waals surface area (Å²) >= 11 is 0. The second-order valence-corrected chi connectivity index (χ2v) is 7.64.